The summed E-state index contributed by atoms with van der Waals surface area (Å²) in [6, 6.07) is 12.6. The van der Waals surface area contributed by atoms with Crippen molar-refractivity contribution in [3.05, 3.63) is 45.7 Å². The van der Waals surface area contributed by atoms with Gasteiger partial charge in [-0.05, 0) is 58.5 Å². The zero-order valence-electron chi connectivity index (χ0n) is 13.3. The highest BCUT2D eigenvalue weighted by Gasteiger charge is 2.21. The Morgan fingerprint density at radius 3 is 2.50 bits per heavy atom. The average molecular weight is 430 g/mol. The molecule has 0 bridgehead atoms. The van der Waals surface area contributed by atoms with Crippen LogP contribution in [0, 0.1) is 0 Å². The van der Waals surface area contributed by atoms with Gasteiger partial charge in [0.25, 0.3) is 5.91 Å². The number of aryl methyl sites for hydroxylation is 1. The molecule has 0 aliphatic carbocycles. The second kappa shape index (κ2) is 9.46. The van der Waals surface area contributed by atoms with Gasteiger partial charge in [0.05, 0.1) is 3.79 Å². The minimum Gasteiger partial charge on any atom is -0.289 e. The number of hydrogen-bond donors (Lipinski definition) is 2. The number of carbonyl (C=O) groups excluding carboxylic acids is 1. The Morgan fingerprint density at radius 1 is 1.25 bits per heavy atom. The van der Waals surface area contributed by atoms with E-state index in [4.69, 9.17) is 5.21 Å². The number of halogens is 1. The van der Waals surface area contributed by atoms with Gasteiger partial charge in [0.15, 0.2) is 0 Å². The standard InChI is InChI=1S/C17H20BrNO3S2/c1-24(22)15(17(20)19-21)5-3-2-4-12-6-8-13(9-7-12)14-10-11-16(18)23-14/h6-11,15,21H,2-5H2,1H3,(H,19,20). The van der Waals surface area contributed by atoms with Crippen molar-refractivity contribution in [2.45, 2.75) is 30.9 Å². The molecule has 24 heavy (non-hydrogen) atoms. The van der Waals surface area contributed by atoms with Crippen molar-refractivity contribution in [3.8, 4) is 10.4 Å². The fourth-order valence-electron chi connectivity index (χ4n) is 2.48. The minimum atomic E-state index is -1.28. The summed E-state index contributed by atoms with van der Waals surface area (Å²) in [6.45, 7) is 0. The summed E-state index contributed by atoms with van der Waals surface area (Å²) in [6.07, 6.45) is 4.62. The zero-order valence-corrected chi connectivity index (χ0v) is 16.5. The van der Waals surface area contributed by atoms with Crippen LogP contribution in [0.1, 0.15) is 24.8 Å². The lowest BCUT2D eigenvalue weighted by Crippen LogP contribution is -2.35. The summed E-state index contributed by atoms with van der Waals surface area (Å²) in [5, 5.41) is 8.03. The van der Waals surface area contributed by atoms with Gasteiger partial charge in [-0.25, -0.2) is 5.48 Å². The number of hydroxylamine groups is 1. The molecule has 1 heterocycles. The van der Waals surface area contributed by atoms with Gasteiger partial charge in [-0.1, -0.05) is 30.7 Å². The SMILES string of the molecule is CS(=O)C(CCCCc1ccc(-c2ccc(Br)s2)cc1)C(=O)NO. The highest BCUT2D eigenvalue weighted by atomic mass is 79.9. The van der Waals surface area contributed by atoms with Crippen LogP contribution < -0.4 is 5.48 Å². The number of carbonyl (C=O) groups is 1. The molecule has 0 spiro atoms. The van der Waals surface area contributed by atoms with Crippen LogP contribution >= 0.6 is 27.3 Å². The smallest absolute Gasteiger partial charge is 0.259 e. The number of rotatable bonds is 8. The Balaban J connectivity index is 1.82. The third-order valence-corrected chi connectivity index (χ3v) is 6.72. The van der Waals surface area contributed by atoms with Crippen molar-refractivity contribution in [1.29, 1.82) is 0 Å². The fourth-order valence-corrected chi connectivity index (χ4v) is 4.73. The molecule has 1 aromatic carbocycles. The molecule has 0 saturated carbocycles. The van der Waals surface area contributed by atoms with Crippen molar-refractivity contribution in [1.82, 2.24) is 5.48 Å². The molecule has 130 valence electrons. The van der Waals surface area contributed by atoms with Crippen molar-refractivity contribution < 1.29 is 14.2 Å². The maximum atomic E-state index is 11.5. The Labute approximate surface area is 156 Å². The molecule has 7 heteroatoms. The van der Waals surface area contributed by atoms with E-state index < -0.39 is 22.0 Å². The number of amides is 1. The molecule has 0 aliphatic heterocycles. The van der Waals surface area contributed by atoms with Gasteiger partial charge in [-0.3, -0.25) is 14.2 Å². The maximum Gasteiger partial charge on any atom is 0.259 e. The van der Waals surface area contributed by atoms with E-state index in [1.165, 1.54) is 22.3 Å². The Morgan fingerprint density at radius 2 is 1.96 bits per heavy atom. The Hall–Kier alpha value is -1.02. The molecule has 0 fully saturated rings. The second-order valence-electron chi connectivity index (χ2n) is 5.51. The quantitative estimate of drug-likeness (QED) is 0.376. The van der Waals surface area contributed by atoms with Gasteiger partial charge in [0, 0.05) is 21.9 Å². The predicted molar refractivity (Wildman–Crippen MR) is 103 cm³/mol. The lowest BCUT2D eigenvalue weighted by molar-refractivity contribution is -0.128. The summed E-state index contributed by atoms with van der Waals surface area (Å²) in [4.78, 5) is 12.7. The largest absolute Gasteiger partial charge is 0.289 e. The Kier molecular flexibility index (Phi) is 7.61. The first-order valence-electron chi connectivity index (χ1n) is 7.62. The average Bonchev–Trinajstić information content (AvgIpc) is 3.01. The van der Waals surface area contributed by atoms with Gasteiger partial charge < -0.3 is 0 Å². The maximum absolute atomic E-state index is 11.5. The zero-order chi connectivity index (χ0) is 17.5. The first-order chi connectivity index (χ1) is 11.5. The van der Waals surface area contributed by atoms with Crippen LogP contribution in [-0.4, -0.2) is 26.8 Å². The summed E-state index contributed by atoms with van der Waals surface area (Å²) in [5.41, 5.74) is 4.04. The summed E-state index contributed by atoms with van der Waals surface area (Å²) >= 11 is 5.18. The molecule has 2 atom stereocenters. The molecule has 1 amide bonds. The number of unbranched alkanes of at least 4 members (excludes halogenated alkanes) is 1. The fraction of sp³-hybridized carbons (Fsp3) is 0.353. The molecular formula is C17H20BrNO3S2. The van der Waals surface area contributed by atoms with E-state index in [0.29, 0.717) is 6.42 Å². The molecule has 0 radical (unpaired) electrons. The van der Waals surface area contributed by atoms with Crippen LogP contribution in [0.15, 0.2) is 40.2 Å². The van der Waals surface area contributed by atoms with Gasteiger partial charge >= 0.3 is 0 Å². The molecule has 2 N–H and O–H groups in total. The molecule has 0 aliphatic rings. The van der Waals surface area contributed by atoms with Gasteiger partial charge in [0.2, 0.25) is 0 Å². The van der Waals surface area contributed by atoms with E-state index in [1.54, 1.807) is 16.8 Å². The van der Waals surface area contributed by atoms with Crippen LogP contribution in [0.2, 0.25) is 0 Å². The number of benzene rings is 1. The summed E-state index contributed by atoms with van der Waals surface area (Å²) in [7, 11) is -1.28. The molecule has 4 nitrogen and oxygen atoms in total. The first kappa shape index (κ1) is 19.3. The molecule has 2 rings (SSSR count). The van der Waals surface area contributed by atoms with E-state index >= 15 is 0 Å². The third-order valence-electron chi connectivity index (χ3n) is 3.80. The van der Waals surface area contributed by atoms with Crippen molar-refractivity contribution in [2.75, 3.05) is 6.26 Å². The van der Waals surface area contributed by atoms with Crippen molar-refractivity contribution in [3.63, 3.8) is 0 Å². The highest BCUT2D eigenvalue weighted by molar-refractivity contribution is 9.11. The van der Waals surface area contributed by atoms with E-state index in [0.717, 1.165) is 23.0 Å². The second-order valence-corrected chi connectivity index (χ2v) is 9.54. The normalized spacial score (nSPS) is 13.5. The number of thiophene rings is 1. The predicted octanol–water partition coefficient (Wildman–Crippen LogP) is 4.14. The van der Waals surface area contributed by atoms with Gasteiger partial charge in [-0.15, -0.1) is 11.3 Å². The number of nitrogens with one attached hydrogen (secondary N) is 1. The van der Waals surface area contributed by atoms with E-state index in [1.807, 2.05) is 6.07 Å². The van der Waals surface area contributed by atoms with Crippen LogP contribution in [0.3, 0.4) is 0 Å². The highest BCUT2D eigenvalue weighted by Crippen LogP contribution is 2.31. The first-order valence-corrected chi connectivity index (χ1v) is 10.8. The van der Waals surface area contributed by atoms with Crippen molar-refractivity contribution >= 4 is 44.0 Å². The van der Waals surface area contributed by atoms with Gasteiger partial charge in [-0.2, -0.15) is 0 Å². The van der Waals surface area contributed by atoms with E-state index in [9.17, 15) is 9.00 Å². The van der Waals surface area contributed by atoms with E-state index in [-0.39, 0.29) is 0 Å². The van der Waals surface area contributed by atoms with Gasteiger partial charge in [0.1, 0.15) is 5.25 Å². The topological polar surface area (TPSA) is 66.4 Å². The third kappa shape index (κ3) is 5.51. The van der Waals surface area contributed by atoms with Crippen molar-refractivity contribution in [2.24, 2.45) is 0 Å². The van der Waals surface area contributed by atoms with Crippen LogP contribution in [0.4, 0.5) is 0 Å². The molecule has 1 aromatic heterocycles. The van der Waals surface area contributed by atoms with Crippen LogP contribution in [0.25, 0.3) is 10.4 Å². The monoisotopic (exact) mass is 429 g/mol. The molecule has 2 unspecified atom stereocenters. The summed E-state index contributed by atoms with van der Waals surface area (Å²) < 4.78 is 12.6. The van der Waals surface area contributed by atoms with E-state index in [2.05, 4.69) is 46.3 Å². The summed E-state index contributed by atoms with van der Waals surface area (Å²) in [5.74, 6) is -0.567. The lowest BCUT2D eigenvalue weighted by atomic mass is 10.0. The number of hydrogen-bond acceptors (Lipinski definition) is 4. The molecule has 2 aromatic rings. The molecular weight excluding hydrogens is 410 g/mol. The Bertz CT molecular complexity index is 700. The van der Waals surface area contributed by atoms with Crippen LogP contribution in [-0.2, 0) is 22.0 Å². The molecule has 0 saturated heterocycles. The minimum absolute atomic E-state index is 0.511. The van der Waals surface area contributed by atoms with Crippen LogP contribution in [0.5, 0.6) is 0 Å². The lowest BCUT2D eigenvalue weighted by Gasteiger charge is -2.11.